The Kier molecular flexibility index (Phi) is 5.10. The summed E-state index contributed by atoms with van der Waals surface area (Å²) >= 11 is 9.13. The van der Waals surface area contributed by atoms with E-state index in [1.807, 2.05) is 0 Å². The summed E-state index contributed by atoms with van der Waals surface area (Å²) in [5.74, 6) is 0.981. The Balaban J connectivity index is 2.21. The van der Waals surface area contributed by atoms with Crippen molar-refractivity contribution >= 4 is 37.6 Å². The summed E-state index contributed by atoms with van der Waals surface area (Å²) in [5, 5.41) is -0.00229. The van der Waals surface area contributed by atoms with Crippen LogP contribution in [0.4, 0.5) is 0 Å². The third kappa shape index (κ3) is 3.72. The predicted molar refractivity (Wildman–Crippen MR) is 83.2 cm³/mol. The average Bonchev–Trinajstić information content (AvgIpc) is 2.35. The van der Waals surface area contributed by atoms with E-state index in [1.54, 1.807) is 0 Å². The molecule has 1 aliphatic carbocycles. The summed E-state index contributed by atoms with van der Waals surface area (Å²) < 4.78 is 28.3. The SMILES string of the molecule is CC1CCC(NS(=O)(=O)c2cc(Br)cnc2Cl)C(C)C1. The van der Waals surface area contributed by atoms with E-state index in [-0.39, 0.29) is 16.1 Å². The molecule has 0 aliphatic heterocycles. The summed E-state index contributed by atoms with van der Waals surface area (Å²) in [4.78, 5) is 3.90. The molecule has 1 N–H and O–H groups in total. The van der Waals surface area contributed by atoms with E-state index >= 15 is 0 Å². The number of pyridine rings is 1. The molecule has 0 radical (unpaired) electrons. The van der Waals surface area contributed by atoms with Crippen LogP contribution in [0.25, 0.3) is 0 Å². The molecule has 1 fully saturated rings. The van der Waals surface area contributed by atoms with Crippen LogP contribution in [0.1, 0.15) is 33.1 Å². The van der Waals surface area contributed by atoms with Gasteiger partial charge >= 0.3 is 0 Å². The molecule has 1 saturated carbocycles. The van der Waals surface area contributed by atoms with Crippen molar-refractivity contribution in [3.63, 3.8) is 0 Å². The van der Waals surface area contributed by atoms with Gasteiger partial charge in [-0.15, -0.1) is 0 Å². The molecule has 1 aromatic heterocycles. The van der Waals surface area contributed by atoms with Crippen molar-refractivity contribution in [1.82, 2.24) is 9.71 Å². The highest BCUT2D eigenvalue weighted by Gasteiger charge is 2.30. The van der Waals surface area contributed by atoms with Gasteiger partial charge in [-0.2, -0.15) is 0 Å². The minimum atomic E-state index is -3.64. The molecular formula is C13H18BrClN2O2S. The van der Waals surface area contributed by atoms with Crippen molar-refractivity contribution in [3.05, 3.63) is 21.9 Å². The van der Waals surface area contributed by atoms with Crippen LogP contribution in [-0.4, -0.2) is 19.4 Å². The smallest absolute Gasteiger partial charge is 0.242 e. The molecule has 4 nitrogen and oxygen atoms in total. The Bertz CT molecular complexity index is 594. The summed E-state index contributed by atoms with van der Waals surface area (Å²) in [7, 11) is -3.64. The van der Waals surface area contributed by atoms with Crippen molar-refractivity contribution in [1.29, 1.82) is 0 Å². The van der Waals surface area contributed by atoms with Gasteiger partial charge in [0.25, 0.3) is 0 Å². The van der Waals surface area contributed by atoms with Crippen LogP contribution in [0.15, 0.2) is 21.6 Å². The maximum Gasteiger partial charge on any atom is 0.243 e. The van der Waals surface area contributed by atoms with Crippen LogP contribution >= 0.6 is 27.5 Å². The van der Waals surface area contributed by atoms with Crippen molar-refractivity contribution in [2.75, 3.05) is 0 Å². The Labute approximate surface area is 133 Å². The molecule has 1 aromatic rings. The summed E-state index contributed by atoms with van der Waals surface area (Å²) in [5.41, 5.74) is 0. The molecule has 112 valence electrons. The van der Waals surface area contributed by atoms with E-state index in [9.17, 15) is 8.42 Å². The summed E-state index contributed by atoms with van der Waals surface area (Å²) in [6.07, 6.45) is 4.42. The zero-order chi connectivity index (χ0) is 14.9. The molecule has 0 saturated heterocycles. The zero-order valence-electron chi connectivity index (χ0n) is 11.4. The van der Waals surface area contributed by atoms with E-state index in [2.05, 4.69) is 39.5 Å². The van der Waals surface area contributed by atoms with Gasteiger partial charge in [0.1, 0.15) is 10.0 Å². The van der Waals surface area contributed by atoms with Gasteiger partial charge in [-0.25, -0.2) is 18.1 Å². The molecular weight excluding hydrogens is 364 g/mol. The number of hydrogen-bond acceptors (Lipinski definition) is 3. The fourth-order valence-corrected chi connectivity index (χ4v) is 5.02. The largest absolute Gasteiger partial charge is 0.243 e. The fraction of sp³-hybridized carbons (Fsp3) is 0.615. The van der Waals surface area contributed by atoms with Crippen molar-refractivity contribution < 1.29 is 8.42 Å². The second-order valence-corrected chi connectivity index (χ2v) is 8.52. The molecule has 0 aromatic carbocycles. The maximum absolute atomic E-state index is 12.4. The van der Waals surface area contributed by atoms with Gasteiger partial charge in [0, 0.05) is 16.7 Å². The molecule has 3 unspecified atom stereocenters. The predicted octanol–water partition coefficient (Wildman–Crippen LogP) is 3.60. The molecule has 7 heteroatoms. The van der Waals surface area contributed by atoms with E-state index < -0.39 is 10.0 Å². The standard InChI is InChI=1S/C13H18BrClN2O2S/c1-8-3-4-11(9(2)5-8)17-20(18,19)12-6-10(14)7-16-13(12)15/h6-9,11,17H,3-5H2,1-2H3. The lowest BCUT2D eigenvalue weighted by Gasteiger charge is -2.32. The lowest BCUT2D eigenvalue weighted by molar-refractivity contribution is 0.249. The zero-order valence-corrected chi connectivity index (χ0v) is 14.6. The van der Waals surface area contributed by atoms with Crippen LogP contribution in [-0.2, 0) is 10.0 Å². The molecule has 0 bridgehead atoms. The van der Waals surface area contributed by atoms with Gasteiger partial charge in [0.15, 0.2) is 0 Å². The van der Waals surface area contributed by atoms with Gasteiger partial charge in [0.05, 0.1) is 0 Å². The first-order valence-corrected chi connectivity index (χ1v) is 9.28. The number of aromatic nitrogens is 1. The molecule has 1 aliphatic rings. The molecule has 0 spiro atoms. The Hall–Kier alpha value is -0.170. The lowest BCUT2D eigenvalue weighted by atomic mass is 9.80. The quantitative estimate of drug-likeness (QED) is 0.814. The summed E-state index contributed by atoms with van der Waals surface area (Å²) in [6.45, 7) is 4.29. The van der Waals surface area contributed by atoms with Crippen molar-refractivity contribution in [2.45, 2.75) is 44.0 Å². The number of sulfonamides is 1. The van der Waals surface area contributed by atoms with E-state index in [1.165, 1.54) is 12.3 Å². The van der Waals surface area contributed by atoms with Crippen LogP contribution in [0.2, 0.25) is 5.15 Å². The van der Waals surface area contributed by atoms with Gasteiger partial charge < -0.3 is 0 Å². The highest BCUT2D eigenvalue weighted by atomic mass is 79.9. The Morgan fingerprint density at radius 3 is 2.75 bits per heavy atom. The van der Waals surface area contributed by atoms with Crippen molar-refractivity contribution in [3.8, 4) is 0 Å². The van der Waals surface area contributed by atoms with Crippen LogP contribution in [0.5, 0.6) is 0 Å². The van der Waals surface area contributed by atoms with Gasteiger partial charge in [-0.05, 0) is 53.1 Å². The highest BCUT2D eigenvalue weighted by Crippen LogP contribution is 2.30. The number of nitrogens with zero attached hydrogens (tertiary/aromatic N) is 1. The average molecular weight is 382 g/mol. The molecule has 0 amide bonds. The number of halogens is 2. The second-order valence-electron chi connectivity index (χ2n) is 5.57. The Morgan fingerprint density at radius 1 is 1.40 bits per heavy atom. The molecule has 1 heterocycles. The summed E-state index contributed by atoms with van der Waals surface area (Å²) in [6, 6.07) is 1.44. The fourth-order valence-electron chi connectivity index (χ4n) is 2.70. The second kappa shape index (κ2) is 6.30. The van der Waals surface area contributed by atoms with Crippen LogP contribution < -0.4 is 4.72 Å². The number of rotatable bonds is 3. The topological polar surface area (TPSA) is 59.1 Å². The maximum atomic E-state index is 12.4. The van der Waals surface area contributed by atoms with Gasteiger partial charge in [-0.3, -0.25) is 0 Å². The molecule has 20 heavy (non-hydrogen) atoms. The highest BCUT2D eigenvalue weighted by molar-refractivity contribution is 9.10. The minimum Gasteiger partial charge on any atom is -0.242 e. The van der Waals surface area contributed by atoms with Crippen LogP contribution in [0.3, 0.4) is 0 Å². The monoisotopic (exact) mass is 380 g/mol. The number of nitrogens with one attached hydrogen (secondary N) is 1. The lowest BCUT2D eigenvalue weighted by Crippen LogP contribution is -2.42. The first-order chi connectivity index (χ1) is 9.29. The number of hydrogen-bond donors (Lipinski definition) is 1. The Morgan fingerprint density at radius 2 is 2.10 bits per heavy atom. The van der Waals surface area contributed by atoms with Crippen molar-refractivity contribution in [2.24, 2.45) is 11.8 Å². The van der Waals surface area contributed by atoms with Crippen LogP contribution in [0, 0.1) is 11.8 Å². The normalized spacial score (nSPS) is 27.5. The van der Waals surface area contributed by atoms with E-state index in [4.69, 9.17) is 11.6 Å². The minimum absolute atomic E-state index is 0.00229. The van der Waals surface area contributed by atoms with Gasteiger partial charge in [0.2, 0.25) is 10.0 Å². The third-order valence-electron chi connectivity index (χ3n) is 3.80. The van der Waals surface area contributed by atoms with E-state index in [0.29, 0.717) is 16.3 Å². The molecule has 3 atom stereocenters. The first kappa shape index (κ1) is 16.2. The first-order valence-electron chi connectivity index (χ1n) is 6.63. The van der Waals surface area contributed by atoms with Gasteiger partial charge in [-0.1, -0.05) is 25.4 Å². The third-order valence-corrected chi connectivity index (χ3v) is 6.15. The molecule has 2 rings (SSSR count). The van der Waals surface area contributed by atoms with E-state index in [0.717, 1.165) is 19.3 Å².